The Kier molecular flexibility index (Phi) is 6.34. The standard InChI is InChI=1S/C20H19Cl3N6O2/c1-11-26-27-19(28(11)9-12-2-4-13(21)5-3-12)16-8-14(30)10-29(16)20(31)24-15-6-7-17(22)25-18(15)23/h2-7,14,16,30H,8-10H2,1H3,(H,24,31). The van der Waals surface area contributed by atoms with E-state index >= 15 is 0 Å². The lowest BCUT2D eigenvalue weighted by molar-refractivity contribution is 0.175. The third-order valence-corrected chi connectivity index (χ3v) is 5.86. The van der Waals surface area contributed by atoms with Crippen molar-refractivity contribution in [1.29, 1.82) is 0 Å². The molecule has 2 unspecified atom stereocenters. The monoisotopic (exact) mass is 480 g/mol. The third-order valence-electron chi connectivity index (χ3n) is 5.11. The number of carbonyl (C=O) groups excluding carboxylic acids is 1. The Labute approximate surface area is 193 Å². The molecule has 0 bridgehead atoms. The number of amides is 2. The highest BCUT2D eigenvalue weighted by Gasteiger charge is 2.38. The van der Waals surface area contributed by atoms with Crippen molar-refractivity contribution in [2.75, 3.05) is 11.9 Å². The normalized spacial score (nSPS) is 18.4. The fourth-order valence-electron chi connectivity index (χ4n) is 3.59. The molecule has 1 aliphatic heterocycles. The van der Waals surface area contributed by atoms with Crippen molar-refractivity contribution in [2.24, 2.45) is 0 Å². The van der Waals surface area contributed by atoms with Gasteiger partial charge in [0.2, 0.25) is 0 Å². The highest BCUT2D eigenvalue weighted by molar-refractivity contribution is 6.34. The van der Waals surface area contributed by atoms with Gasteiger partial charge in [-0.3, -0.25) is 0 Å². The van der Waals surface area contributed by atoms with Crippen LogP contribution in [0.15, 0.2) is 36.4 Å². The number of aryl methyl sites for hydroxylation is 1. The lowest BCUT2D eigenvalue weighted by Crippen LogP contribution is -2.36. The van der Waals surface area contributed by atoms with E-state index in [9.17, 15) is 9.90 Å². The highest BCUT2D eigenvalue weighted by Crippen LogP contribution is 2.33. The number of anilines is 1. The number of rotatable bonds is 4. The first-order chi connectivity index (χ1) is 14.8. The molecule has 1 aromatic carbocycles. The van der Waals surface area contributed by atoms with Gasteiger partial charge in [-0.15, -0.1) is 10.2 Å². The molecule has 0 aliphatic carbocycles. The maximum Gasteiger partial charge on any atom is 0.322 e. The summed E-state index contributed by atoms with van der Waals surface area (Å²) in [6.07, 6.45) is -0.339. The molecular weight excluding hydrogens is 463 g/mol. The molecule has 4 rings (SSSR count). The van der Waals surface area contributed by atoms with E-state index in [4.69, 9.17) is 34.8 Å². The van der Waals surface area contributed by atoms with Gasteiger partial charge in [0.05, 0.1) is 24.4 Å². The van der Waals surface area contributed by atoms with Gasteiger partial charge < -0.3 is 19.9 Å². The number of halogens is 3. The van der Waals surface area contributed by atoms with Gasteiger partial charge in [0, 0.05) is 18.0 Å². The topological polar surface area (TPSA) is 96.2 Å². The van der Waals surface area contributed by atoms with Gasteiger partial charge in [-0.1, -0.05) is 46.9 Å². The Morgan fingerprint density at radius 3 is 2.61 bits per heavy atom. The predicted molar refractivity (Wildman–Crippen MR) is 119 cm³/mol. The van der Waals surface area contributed by atoms with Crippen molar-refractivity contribution < 1.29 is 9.90 Å². The summed E-state index contributed by atoms with van der Waals surface area (Å²) in [4.78, 5) is 18.5. The Balaban J connectivity index is 1.59. The van der Waals surface area contributed by atoms with Crippen molar-refractivity contribution in [2.45, 2.75) is 32.0 Å². The number of aliphatic hydroxyl groups is 1. The Morgan fingerprint density at radius 1 is 1.16 bits per heavy atom. The molecule has 2 atom stereocenters. The lowest BCUT2D eigenvalue weighted by Gasteiger charge is -2.25. The number of nitrogens with one attached hydrogen (secondary N) is 1. The molecule has 2 aromatic heterocycles. The average Bonchev–Trinajstić information content (AvgIpc) is 3.28. The molecule has 11 heteroatoms. The molecule has 1 fully saturated rings. The number of aliphatic hydroxyl groups excluding tert-OH is 1. The largest absolute Gasteiger partial charge is 0.391 e. The van der Waals surface area contributed by atoms with Crippen LogP contribution >= 0.6 is 34.8 Å². The van der Waals surface area contributed by atoms with Crippen LogP contribution in [-0.4, -0.2) is 48.4 Å². The number of aromatic nitrogens is 4. The zero-order valence-electron chi connectivity index (χ0n) is 16.5. The van der Waals surface area contributed by atoms with Gasteiger partial charge in [-0.05, 0) is 36.8 Å². The van der Waals surface area contributed by atoms with Gasteiger partial charge in [0.25, 0.3) is 0 Å². The van der Waals surface area contributed by atoms with Crippen molar-refractivity contribution >= 4 is 46.5 Å². The number of nitrogens with zero attached hydrogens (tertiary/aromatic N) is 5. The minimum Gasteiger partial charge on any atom is -0.391 e. The number of carbonyl (C=O) groups is 1. The quantitative estimate of drug-likeness (QED) is 0.541. The van der Waals surface area contributed by atoms with Crippen molar-refractivity contribution in [3.05, 3.63) is 68.9 Å². The number of urea groups is 1. The molecule has 8 nitrogen and oxygen atoms in total. The first-order valence-electron chi connectivity index (χ1n) is 9.53. The van der Waals surface area contributed by atoms with Crippen LogP contribution in [0.2, 0.25) is 15.3 Å². The summed E-state index contributed by atoms with van der Waals surface area (Å²) >= 11 is 17.9. The average molecular weight is 482 g/mol. The Hall–Kier alpha value is -2.39. The van der Waals surface area contributed by atoms with E-state index in [0.717, 1.165) is 5.56 Å². The van der Waals surface area contributed by atoms with Crippen LogP contribution in [0.4, 0.5) is 10.5 Å². The second-order valence-electron chi connectivity index (χ2n) is 7.28. The molecular formula is C20H19Cl3N6O2. The lowest BCUT2D eigenvalue weighted by atomic mass is 10.1. The summed E-state index contributed by atoms with van der Waals surface area (Å²) in [5.41, 5.74) is 1.34. The SMILES string of the molecule is Cc1nnc(C2CC(O)CN2C(=O)Nc2ccc(Cl)nc2Cl)n1Cc1ccc(Cl)cc1. The maximum absolute atomic E-state index is 13.0. The molecule has 3 aromatic rings. The van der Waals surface area contributed by atoms with Crippen LogP contribution in [0, 0.1) is 6.92 Å². The molecule has 3 heterocycles. The van der Waals surface area contributed by atoms with E-state index in [-0.39, 0.29) is 16.9 Å². The highest BCUT2D eigenvalue weighted by atomic mass is 35.5. The van der Waals surface area contributed by atoms with Crippen LogP contribution in [0.3, 0.4) is 0 Å². The van der Waals surface area contributed by atoms with Crippen molar-refractivity contribution in [3.8, 4) is 0 Å². The van der Waals surface area contributed by atoms with Crippen LogP contribution in [-0.2, 0) is 6.54 Å². The first kappa shape index (κ1) is 21.8. The second kappa shape index (κ2) is 9.00. The number of β-amino-alcohol motifs (C(OH)–C–C–N with tert-alkyl or cyclic N) is 1. The summed E-state index contributed by atoms with van der Waals surface area (Å²) < 4.78 is 1.93. The minimum atomic E-state index is -0.685. The van der Waals surface area contributed by atoms with Gasteiger partial charge in [0.15, 0.2) is 11.0 Å². The molecule has 2 amide bonds. The molecule has 1 aliphatic rings. The number of pyridine rings is 1. The van der Waals surface area contributed by atoms with Gasteiger partial charge >= 0.3 is 6.03 Å². The summed E-state index contributed by atoms with van der Waals surface area (Å²) in [7, 11) is 0. The molecule has 0 saturated carbocycles. The summed E-state index contributed by atoms with van der Waals surface area (Å²) in [6, 6.07) is 9.71. The third kappa shape index (κ3) is 4.77. The van der Waals surface area contributed by atoms with Crippen molar-refractivity contribution in [1.82, 2.24) is 24.6 Å². The second-order valence-corrected chi connectivity index (χ2v) is 8.46. The zero-order valence-corrected chi connectivity index (χ0v) is 18.7. The van der Waals surface area contributed by atoms with E-state index in [1.54, 1.807) is 6.07 Å². The molecule has 31 heavy (non-hydrogen) atoms. The van der Waals surface area contributed by atoms with E-state index in [1.807, 2.05) is 35.8 Å². The van der Waals surface area contributed by atoms with Crippen LogP contribution in [0.5, 0.6) is 0 Å². The van der Waals surface area contributed by atoms with Crippen molar-refractivity contribution in [3.63, 3.8) is 0 Å². The van der Waals surface area contributed by atoms with Crippen LogP contribution in [0.25, 0.3) is 0 Å². The maximum atomic E-state index is 13.0. The molecule has 0 spiro atoms. The summed E-state index contributed by atoms with van der Waals surface area (Å²) in [5.74, 6) is 1.30. The van der Waals surface area contributed by atoms with E-state index in [0.29, 0.717) is 35.3 Å². The fourth-order valence-corrected chi connectivity index (χ4v) is 4.11. The first-order valence-corrected chi connectivity index (χ1v) is 10.7. The van der Waals surface area contributed by atoms with E-state index in [2.05, 4.69) is 20.5 Å². The zero-order chi connectivity index (χ0) is 22.1. The van der Waals surface area contributed by atoms with Crippen LogP contribution < -0.4 is 5.32 Å². The number of likely N-dealkylation sites (tertiary alicyclic amines) is 1. The smallest absolute Gasteiger partial charge is 0.322 e. The van der Waals surface area contributed by atoms with E-state index in [1.165, 1.54) is 11.0 Å². The van der Waals surface area contributed by atoms with Crippen LogP contribution in [0.1, 0.15) is 29.7 Å². The number of hydrogen-bond acceptors (Lipinski definition) is 5. The van der Waals surface area contributed by atoms with E-state index < -0.39 is 18.2 Å². The fraction of sp³-hybridized carbons (Fsp3) is 0.300. The Bertz CT molecular complexity index is 1100. The number of benzene rings is 1. The molecule has 1 saturated heterocycles. The number of hydrogen-bond donors (Lipinski definition) is 2. The predicted octanol–water partition coefficient (Wildman–Crippen LogP) is 4.33. The summed E-state index contributed by atoms with van der Waals surface area (Å²) in [5, 5.41) is 22.5. The Morgan fingerprint density at radius 2 is 1.90 bits per heavy atom. The molecule has 2 N–H and O–H groups in total. The minimum absolute atomic E-state index is 0.0823. The van der Waals surface area contributed by atoms with Gasteiger partial charge in [-0.25, -0.2) is 9.78 Å². The molecule has 162 valence electrons. The van der Waals surface area contributed by atoms with Gasteiger partial charge in [-0.2, -0.15) is 0 Å². The molecule has 0 radical (unpaired) electrons. The summed E-state index contributed by atoms with van der Waals surface area (Å²) in [6.45, 7) is 2.52. The van der Waals surface area contributed by atoms with Gasteiger partial charge in [0.1, 0.15) is 11.0 Å².